The van der Waals surface area contributed by atoms with Gasteiger partial charge in [0.2, 0.25) is 5.91 Å². The molecule has 0 fully saturated rings. The van der Waals surface area contributed by atoms with Gasteiger partial charge in [-0.05, 0) is 12.5 Å². The van der Waals surface area contributed by atoms with Gasteiger partial charge in [0.15, 0.2) is 5.82 Å². The molecule has 0 atom stereocenters. The van der Waals surface area contributed by atoms with Gasteiger partial charge in [-0.3, -0.25) is 9.48 Å². The highest BCUT2D eigenvalue weighted by molar-refractivity contribution is 5.92. The van der Waals surface area contributed by atoms with Gasteiger partial charge in [0.25, 0.3) is 0 Å². The summed E-state index contributed by atoms with van der Waals surface area (Å²) in [5, 5.41) is 7.14. The highest BCUT2D eigenvalue weighted by Crippen LogP contribution is 2.24. The summed E-state index contributed by atoms with van der Waals surface area (Å²) in [6, 6.07) is 11.4. The van der Waals surface area contributed by atoms with Gasteiger partial charge >= 0.3 is 0 Å². The van der Waals surface area contributed by atoms with E-state index in [0.717, 1.165) is 16.8 Å². The lowest BCUT2D eigenvalue weighted by Crippen LogP contribution is -2.14. The van der Waals surface area contributed by atoms with Crippen LogP contribution in [-0.2, 0) is 23.0 Å². The number of ether oxygens (including phenoxy) is 1. The number of hydrogen-bond donors (Lipinski definition) is 1. The molecule has 2 aromatic rings. The number of hydrogen-bond acceptors (Lipinski definition) is 3. The summed E-state index contributed by atoms with van der Waals surface area (Å²) in [5.41, 5.74) is 2.63. The number of carbonyl (C=O) groups is 1. The summed E-state index contributed by atoms with van der Waals surface area (Å²) in [6.07, 6.45) is 2.21. The van der Waals surface area contributed by atoms with Crippen molar-refractivity contribution in [2.45, 2.75) is 13.3 Å². The molecule has 132 valence electrons. The summed E-state index contributed by atoms with van der Waals surface area (Å²) in [6.45, 7) is 11.8. The van der Waals surface area contributed by atoms with E-state index in [4.69, 9.17) is 4.74 Å². The minimum atomic E-state index is -0.103. The molecule has 1 amide bonds. The number of benzene rings is 1. The van der Waals surface area contributed by atoms with Gasteiger partial charge < -0.3 is 10.1 Å². The first kappa shape index (κ1) is 20.0. The second kappa shape index (κ2) is 9.93. The molecule has 2 rings (SSSR count). The Kier molecular flexibility index (Phi) is 7.93. The lowest BCUT2D eigenvalue weighted by atomic mass is 10.1. The van der Waals surface area contributed by atoms with Crippen molar-refractivity contribution in [1.29, 1.82) is 0 Å². The van der Waals surface area contributed by atoms with Crippen LogP contribution in [0, 0.1) is 0 Å². The van der Waals surface area contributed by atoms with Crippen molar-refractivity contribution in [2.75, 3.05) is 12.4 Å². The molecular weight excluding hydrogens is 314 g/mol. The molecule has 1 N–H and O–H groups in total. The summed E-state index contributed by atoms with van der Waals surface area (Å²) in [5.74, 6) is 0.956. The van der Waals surface area contributed by atoms with E-state index in [0.29, 0.717) is 18.0 Å². The van der Waals surface area contributed by atoms with Gasteiger partial charge in [0.1, 0.15) is 5.76 Å². The minimum Gasteiger partial charge on any atom is -0.497 e. The Labute approximate surface area is 149 Å². The molecule has 0 bridgehead atoms. The number of aryl methyl sites for hydroxylation is 1. The SMILES string of the molecule is C=C.C=C(OC)/C(=C\C)c1cc(NC(=O)Cc2ccccc2)nn1C. The van der Waals surface area contributed by atoms with Crippen LogP contribution in [0.1, 0.15) is 18.2 Å². The second-order valence-electron chi connectivity index (χ2n) is 5.08. The normalized spacial score (nSPS) is 10.4. The van der Waals surface area contributed by atoms with Crippen LogP contribution in [0.15, 0.2) is 68.0 Å². The Morgan fingerprint density at radius 3 is 2.52 bits per heavy atom. The van der Waals surface area contributed by atoms with E-state index in [2.05, 4.69) is 30.2 Å². The number of methoxy groups -OCH3 is 1. The van der Waals surface area contributed by atoms with Gasteiger partial charge in [-0.15, -0.1) is 13.2 Å². The Morgan fingerprint density at radius 2 is 1.96 bits per heavy atom. The first-order chi connectivity index (χ1) is 12.0. The fourth-order valence-corrected chi connectivity index (χ4v) is 2.31. The summed E-state index contributed by atoms with van der Waals surface area (Å²) >= 11 is 0. The monoisotopic (exact) mass is 339 g/mol. The molecule has 1 aromatic carbocycles. The van der Waals surface area contributed by atoms with E-state index < -0.39 is 0 Å². The Balaban J connectivity index is 0.00000151. The maximum absolute atomic E-state index is 12.1. The average Bonchev–Trinajstić information content (AvgIpc) is 2.97. The van der Waals surface area contributed by atoms with E-state index in [1.807, 2.05) is 56.4 Å². The third-order valence-electron chi connectivity index (χ3n) is 3.47. The van der Waals surface area contributed by atoms with Crippen molar-refractivity contribution < 1.29 is 9.53 Å². The van der Waals surface area contributed by atoms with Crippen molar-refractivity contribution in [3.63, 3.8) is 0 Å². The third kappa shape index (κ3) is 5.49. The molecule has 0 spiro atoms. The molecule has 25 heavy (non-hydrogen) atoms. The molecule has 0 saturated carbocycles. The van der Waals surface area contributed by atoms with Crippen molar-refractivity contribution in [2.24, 2.45) is 7.05 Å². The predicted molar refractivity (Wildman–Crippen MR) is 103 cm³/mol. The van der Waals surface area contributed by atoms with Crippen molar-refractivity contribution in [3.8, 4) is 0 Å². The van der Waals surface area contributed by atoms with Crippen LogP contribution < -0.4 is 5.32 Å². The number of nitrogens with zero attached hydrogens (tertiary/aromatic N) is 2. The maximum atomic E-state index is 12.1. The first-order valence-corrected chi connectivity index (χ1v) is 7.83. The lowest BCUT2D eigenvalue weighted by Gasteiger charge is -2.08. The summed E-state index contributed by atoms with van der Waals surface area (Å²) in [4.78, 5) is 12.1. The Hall–Kier alpha value is -3.08. The van der Waals surface area contributed by atoms with E-state index >= 15 is 0 Å². The van der Waals surface area contributed by atoms with Gasteiger partial charge in [0, 0.05) is 18.7 Å². The van der Waals surface area contributed by atoms with Crippen LogP contribution in [0.4, 0.5) is 5.82 Å². The minimum absolute atomic E-state index is 0.103. The third-order valence-corrected chi connectivity index (χ3v) is 3.47. The fraction of sp³-hybridized carbons (Fsp3) is 0.200. The molecule has 5 heteroatoms. The summed E-state index contributed by atoms with van der Waals surface area (Å²) in [7, 11) is 3.39. The molecule has 0 aliphatic heterocycles. The van der Waals surface area contributed by atoms with E-state index in [1.54, 1.807) is 11.8 Å². The fourth-order valence-electron chi connectivity index (χ4n) is 2.31. The standard InChI is InChI=1S/C18H21N3O2.C2H4/c1-5-15(13(2)23-4)16-12-17(20-21(16)3)19-18(22)11-14-9-7-6-8-10-14;1-2/h5-10,12H,2,11H2,1,3-4H3,(H,19,20,22);1-2H2/b15-5+;. The highest BCUT2D eigenvalue weighted by atomic mass is 16.5. The molecular formula is C20H25N3O2. The van der Waals surface area contributed by atoms with Gasteiger partial charge in [-0.25, -0.2) is 0 Å². The lowest BCUT2D eigenvalue weighted by molar-refractivity contribution is -0.115. The number of carbonyl (C=O) groups excluding carboxylic acids is 1. The van der Waals surface area contributed by atoms with Gasteiger partial charge in [-0.2, -0.15) is 5.10 Å². The molecule has 0 saturated heterocycles. The second-order valence-corrected chi connectivity index (χ2v) is 5.08. The molecule has 1 heterocycles. The number of rotatable bonds is 6. The predicted octanol–water partition coefficient (Wildman–Crippen LogP) is 3.97. The van der Waals surface area contributed by atoms with Crippen LogP contribution >= 0.6 is 0 Å². The average molecular weight is 339 g/mol. The molecule has 0 unspecified atom stereocenters. The van der Waals surface area contributed by atoms with Crippen LogP contribution in [0.3, 0.4) is 0 Å². The van der Waals surface area contributed by atoms with Crippen LogP contribution in [0.2, 0.25) is 0 Å². The quantitative estimate of drug-likeness (QED) is 0.492. The largest absolute Gasteiger partial charge is 0.497 e. The molecule has 0 aliphatic rings. The first-order valence-electron chi connectivity index (χ1n) is 7.83. The van der Waals surface area contributed by atoms with Crippen molar-refractivity contribution in [1.82, 2.24) is 9.78 Å². The maximum Gasteiger partial charge on any atom is 0.229 e. The van der Waals surface area contributed by atoms with Gasteiger partial charge in [-0.1, -0.05) is 43.0 Å². The molecule has 0 radical (unpaired) electrons. The number of nitrogens with one attached hydrogen (secondary N) is 1. The highest BCUT2D eigenvalue weighted by Gasteiger charge is 2.14. The molecule has 0 aliphatic carbocycles. The Bertz CT molecular complexity index is 746. The number of anilines is 1. The molecule has 1 aromatic heterocycles. The van der Waals surface area contributed by atoms with Crippen LogP contribution in [0.25, 0.3) is 5.57 Å². The van der Waals surface area contributed by atoms with Crippen LogP contribution in [-0.4, -0.2) is 22.8 Å². The zero-order valence-corrected chi connectivity index (χ0v) is 15.1. The van der Waals surface area contributed by atoms with E-state index in [1.165, 1.54) is 0 Å². The van der Waals surface area contributed by atoms with E-state index in [9.17, 15) is 4.79 Å². The zero-order valence-electron chi connectivity index (χ0n) is 15.1. The van der Waals surface area contributed by atoms with Crippen LogP contribution in [0.5, 0.6) is 0 Å². The number of allylic oxidation sites excluding steroid dienone is 2. The number of aromatic nitrogens is 2. The smallest absolute Gasteiger partial charge is 0.229 e. The topological polar surface area (TPSA) is 56.1 Å². The van der Waals surface area contributed by atoms with Crippen molar-refractivity contribution in [3.05, 3.63) is 79.2 Å². The van der Waals surface area contributed by atoms with Gasteiger partial charge in [0.05, 0.1) is 19.2 Å². The Morgan fingerprint density at radius 1 is 1.32 bits per heavy atom. The molecule has 5 nitrogen and oxygen atoms in total. The zero-order chi connectivity index (χ0) is 18.8. The van der Waals surface area contributed by atoms with E-state index in [-0.39, 0.29) is 5.91 Å². The number of amides is 1. The van der Waals surface area contributed by atoms with Crippen molar-refractivity contribution >= 4 is 17.3 Å². The summed E-state index contributed by atoms with van der Waals surface area (Å²) < 4.78 is 6.88.